The normalized spacial score (nSPS) is 27.6. The Morgan fingerprint density at radius 3 is 1.34 bits per heavy atom. The van der Waals surface area contributed by atoms with E-state index in [2.05, 4.69) is 89.1 Å². The van der Waals surface area contributed by atoms with Crippen molar-refractivity contribution < 1.29 is 51.0 Å². The Morgan fingerprint density at radius 2 is 1.07 bits per heavy atom. The van der Waals surface area contributed by atoms with Crippen molar-refractivity contribution in [2.45, 2.75) is 65.5 Å². The van der Waals surface area contributed by atoms with E-state index in [9.17, 15) is 0 Å². The summed E-state index contributed by atoms with van der Waals surface area (Å²) in [5.74, 6) is 3.23. The molecule has 0 aromatic heterocycles. The minimum absolute atomic E-state index is 0. The minimum atomic E-state index is 0. The zero-order valence-corrected chi connectivity index (χ0v) is 22.3. The Bertz CT molecular complexity index is 449. The number of halogens is 2. The van der Waals surface area contributed by atoms with E-state index in [0.29, 0.717) is 12.1 Å². The van der Waals surface area contributed by atoms with E-state index in [1.807, 2.05) is 4.81 Å². The van der Waals surface area contributed by atoms with Crippen LogP contribution < -0.4 is 24.8 Å². The number of fused-ring (bicyclic) bond motifs is 2. The van der Waals surface area contributed by atoms with Gasteiger partial charge in [0.2, 0.25) is 0 Å². The summed E-state index contributed by atoms with van der Waals surface area (Å²) >= 11 is 0. The van der Waals surface area contributed by atoms with E-state index in [-0.39, 0.29) is 51.0 Å². The minimum Gasteiger partial charge on any atom is -1.00 e. The molecule has 4 aliphatic carbocycles. The standard InChI is InChI=1S/2C9H11.C6H14BN.2ClH.Zr/c2*1-2-5-9-7-3-6-8(9)4-1;1-5(2)8(7)6(3)4;;;/h2*1-2,4-6,8-9H,3,7H2;5-6H,1-4H3;2*1H;/q2*-1;;;;+4/p-2. The molecular weight excluding hydrogens is 475 g/mol. The van der Waals surface area contributed by atoms with Crippen molar-refractivity contribution in [1.82, 2.24) is 4.81 Å². The average Bonchev–Trinajstić information content (AvgIpc) is 3.30. The van der Waals surface area contributed by atoms with Gasteiger partial charge in [-0.3, -0.25) is 0 Å². The van der Waals surface area contributed by atoms with Gasteiger partial charge >= 0.3 is 26.2 Å². The van der Waals surface area contributed by atoms with Crippen molar-refractivity contribution in [2.75, 3.05) is 0 Å². The van der Waals surface area contributed by atoms with E-state index >= 15 is 0 Å². The molecular formula is C24H36BCl2NZr. The molecule has 0 heterocycles. The molecule has 4 aliphatic rings. The molecule has 29 heavy (non-hydrogen) atoms. The molecule has 2 fully saturated rings. The summed E-state index contributed by atoms with van der Waals surface area (Å²) < 4.78 is 0. The number of hydrogen-bond donors (Lipinski definition) is 0. The van der Waals surface area contributed by atoms with Gasteiger partial charge in [0.1, 0.15) is 0 Å². The van der Waals surface area contributed by atoms with E-state index < -0.39 is 0 Å². The summed E-state index contributed by atoms with van der Waals surface area (Å²) in [6.45, 7) is 8.33. The van der Waals surface area contributed by atoms with Crippen LogP contribution in [0.3, 0.4) is 0 Å². The molecule has 4 rings (SSSR count). The van der Waals surface area contributed by atoms with Gasteiger partial charge in [-0.15, -0.1) is 24.0 Å². The smallest absolute Gasteiger partial charge is 1.00 e. The second kappa shape index (κ2) is 17.1. The number of hydrogen-bond acceptors (Lipinski definition) is 1. The van der Waals surface area contributed by atoms with Gasteiger partial charge in [-0.05, 0) is 23.9 Å². The Hall–Kier alpha value is 0.448. The molecule has 5 heteroatoms. The molecule has 0 aliphatic heterocycles. The maximum Gasteiger partial charge on any atom is 4.00 e. The van der Waals surface area contributed by atoms with E-state index in [0.717, 1.165) is 23.7 Å². The third-order valence-corrected chi connectivity index (χ3v) is 5.66. The number of nitrogens with zero attached hydrogens (tertiary/aromatic N) is 1. The molecule has 0 N–H and O–H groups in total. The Labute approximate surface area is 213 Å². The van der Waals surface area contributed by atoms with Gasteiger partial charge in [0.25, 0.3) is 0 Å². The molecule has 4 atom stereocenters. The Morgan fingerprint density at radius 1 is 0.724 bits per heavy atom. The summed E-state index contributed by atoms with van der Waals surface area (Å²) in [6.07, 6.45) is 28.1. The first-order valence-electron chi connectivity index (χ1n) is 10.4. The van der Waals surface area contributed by atoms with Gasteiger partial charge < -0.3 is 42.5 Å². The fourth-order valence-corrected chi connectivity index (χ4v) is 3.98. The largest absolute Gasteiger partial charge is 4.00 e. The van der Waals surface area contributed by atoms with Crippen LogP contribution in [-0.4, -0.2) is 24.9 Å². The maximum absolute atomic E-state index is 5.59. The van der Waals surface area contributed by atoms with Crippen LogP contribution in [0.2, 0.25) is 0 Å². The van der Waals surface area contributed by atoms with Crippen molar-refractivity contribution in [1.29, 1.82) is 0 Å². The molecule has 0 aromatic rings. The van der Waals surface area contributed by atoms with E-state index in [1.54, 1.807) is 0 Å². The van der Waals surface area contributed by atoms with Crippen molar-refractivity contribution in [3.05, 3.63) is 61.4 Å². The molecule has 4 unspecified atom stereocenters. The van der Waals surface area contributed by atoms with Gasteiger partial charge in [-0.25, -0.2) is 0 Å². The summed E-state index contributed by atoms with van der Waals surface area (Å²) in [6, 6.07) is 0.907. The van der Waals surface area contributed by atoms with Gasteiger partial charge in [-0.2, -0.15) is 12.8 Å². The summed E-state index contributed by atoms with van der Waals surface area (Å²) in [4.78, 5) is 1.83. The molecule has 2 radical (unpaired) electrons. The van der Waals surface area contributed by atoms with Crippen molar-refractivity contribution >= 4 is 7.98 Å². The predicted molar refractivity (Wildman–Crippen MR) is 115 cm³/mol. The fraction of sp³-hybridized carbons (Fsp3) is 0.583. The van der Waals surface area contributed by atoms with Crippen LogP contribution in [0.4, 0.5) is 0 Å². The van der Waals surface area contributed by atoms with Crippen molar-refractivity contribution in [3.63, 3.8) is 0 Å². The molecule has 0 amide bonds. The van der Waals surface area contributed by atoms with Crippen LogP contribution in [0.25, 0.3) is 0 Å². The summed E-state index contributed by atoms with van der Waals surface area (Å²) in [5.41, 5.74) is 0. The second-order valence-corrected chi connectivity index (χ2v) is 8.28. The molecule has 0 spiro atoms. The Kier molecular flexibility index (Phi) is 18.6. The molecule has 0 saturated heterocycles. The van der Waals surface area contributed by atoms with Gasteiger partial charge in [0.05, 0.1) is 0 Å². The number of allylic oxidation sites excluding steroid dienone is 8. The summed E-state index contributed by atoms with van der Waals surface area (Å²) in [5, 5.41) is 0. The zero-order valence-electron chi connectivity index (χ0n) is 18.3. The predicted octanol–water partition coefficient (Wildman–Crippen LogP) is -0.120. The molecule has 2 saturated carbocycles. The molecule has 158 valence electrons. The quantitative estimate of drug-likeness (QED) is 0.369. The first-order valence-corrected chi connectivity index (χ1v) is 10.4. The first kappa shape index (κ1) is 31.6. The third-order valence-electron chi connectivity index (χ3n) is 5.66. The zero-order chi connectivity index (χ0) is 18.9. The van der Waals surface area contributed by atoms with Gasteiger partial charge in [0, 0.05) is 0 Å². The SMILES string of the molecule is C1=CC2[CH-]CCC2C=C1.C1=CC2[CH-]CCC2C=C1.[B]N(C(C)C)C(C)C.[Cl-].[Cl-].[Zr+4]. The molecule has 0 aromatic carbocycles. The van der Waals surface area contributed by atoms with Crippen molar-refractivity contribution in [2.24, 2.45) is 23.7 Å². The van der Waals surface area contributed by atoms with Crippen LogP contribution in [0.1, 0.15) is 53.4 Å². The van der Waals surface area contributed by atoms with Crippen LogP contribution in [0.15, 0.2) is 48.6 Å². The Balaban J connectivity index is 0. The second-order valence-electron chi connectivity index (χ2n) is 8.28. The van der Waals surface area contributed by atoms with Crippen LogP contribution in [0.5, 0.6) is 0 Å². The maximum atomic E-state index is 5.59. The fourth-order valence-electron chi connectivity index (χ4n) is 3.98. The topological polar surface area (TPSA) is 3.24 Å². The van der Waals surface area contributed by atoms with E-state index in [1.165, 1.54) is 25.7 Å². The van der Waals surface area contributed by atoms with Gasteiger partial charge in [0.15, 0.2) is 7.98 Å². The monoisotopic (exact) mass is 509 g/mol. The summed E-state index contributed by atoms with van der Waals surface area (Å²) in [7, 11) is 5.59. The molecule has 1 nitrogen and oxygen atoms in total. The van der Waals surface area contributed by atoms with Crippen LogP contribution >= 0.6 is 0 Å². The molecule has 0 bridgehead atoms. The van der Waals surface area contributed by atoms with Crippen LogP contribution in [0, 0.1) is 36.5 Å². The van der Waals surface area contributed by atoms with Crippen LogP contribution in [-0.2, 0) is 26.2 Å². The third kappa shape index (κ3) is 11.0. The first-order chi connectivity index (χ1) is 12.5. The number of rotatable bonds is 2. The van der Waals surface area contributed by atoms with E-state index in [4.69, 9.17) is 7.98 Å². The van der Waals surface area contributed by atoms with Crippen molar-refractivity contribution in [3.8, 4) is 0 Å². The average molecular weight is 512 g/mol. The van der Waals surface area contributed by atoms with Gasteiger partial charge in [-0.1, -0.05) is 77.0 Å².